The summed E-state index contributed by atoms with van der Waals surface area (Å²) in [4.78, 5) is 17.2. The molecule has 0 aromatic heterocycles. The van der Waals surface area contributed by atoms with E-state index in [0.29, 0.717) is 6.42 Å². The van der Waals surface area contributed by atoms with Gasteiger partial charge in [0, 0.05) is 29.9 Å². The summed E-state index contributed by atoms with van der Waals surface area (Å²) in [6.07, 6.45) is 6.71. The molecule has 3 heterocycles. The van der Waals surface area contributed by atoms with E-state index in [2.05, 4.69) is 68.2 Å². The first-order valence-electron chi connectivity index (χ1n) is 11.7. The van der Waals surface area contributed by atoms with E-state index in [9.17, 15) is 4.79 Å². The number of amides is 1. The van der Waals surface area contributed by atoms with Crippen LogP contribution in [0.1, 0.15) is 67.2 Å². The molecule has 2 fully saturated rings. The van der Waals surface area contributed by atoms with Crippen LogP contribution in [0.2, 0.25) is 0 Å². The van der Waals surface area contributed by atoms with Gasteiger partial charge in [0.1, 0.15) is 5.75 Å². The number of piperidine rings is 1. The Morgan fingerprint density at radius 1 is 1.00 bits per heavy atom. The van der Waals surface area contributed by atoms with E-state index in [4.69, 9.17) is 4.74 Å². The Hall–Kier alpha value is -1.85. The van der Waals surface area contributed by atoms with Crippen LogP contribution in [0.15, 0.2) is 46.9 Å². The number of hydrogen-bond acceptors (Lipinski definition) is 3. The molecule has 2 aromatic carbocycles. The standard InChI is InChI=1S/C26H31BrN2O2/c27-20-7-5-19(6-8-20)24-18-29-25(11-12-26(29)30)22-10-9-21(17-23(22)24)31-16-4-15-28-13-2-1-3-14-28/h5-10,17,24-25H,1-4,11-16,18H2/t24-,25-/m1/s1. The normalized spacial score (nSPS) is 23.5. The molecule has 0 N–H and O–H groups in total. The minimum Gasteiger partial charge on any atom is -0.494 e. The molecule has 0 saturated carbocycles. The van der Waals surface area contributed by atoms with Crippen LogP contribution in [0.5, 0.6) is 5.75 Å². The molecule has 5 rings (SSSR count). The summed E-state index contributed by atoms with van der Waals surface area (Å²) in [7, 11) is 0. The number of fused-ring (bicyclic) bond motifs is 3. The SMILES string of the molecule is O=C1CC[C@@H]2c3ccc(OCCCN4CCCCC4)cc3[C@@H](c3ccc(Br)cc3)CN12. The van der Waals surface area contributed by atoms with Crippen LogP contribution in [0.3, 0.4) is 0 Å². The van der Waals surface area contributed by atoms with E-state index in [-0.39, 0.29) is 17.9 Å². The zero-order chi connectivity index (χ0) is 21.2. The largest absolute Gasteiger partial charge is 0.494 e. The highest BCUT2D eigenvalue weighted by Crippen LogP contribution is 2.45. The summed E-state index contributed by atoms with van der Waals surface area (Å²) in [6, 6.07) is 15.3. The first-order chi connectivity index (χ1) is 15.2. The van der Waals surface area contributed by atoms with Crippen molar-refractivity contribution in [1.29, 1.82) is 0 Å². The number of likely N-dealkylation sites (tertiary alicyclic amines) is 1. The van der Waals surface area contributed by atoms with Gasteiger partial charge < -0.3 is 14.5 Å². The lowest BCUT2D eigenvalue weighted by Crippen LogP contribution is -2.37. The van der Waals surface area contributed by atoms with Crippen LogP contribution >= 0.6 is 15.9 Å². The first-order valence-corrected chi connectivity index (χ1v) is 12.5. The van der Waals surface area contributed by atoms with Crippen LogP contribution in [0.4, 0.5) is 0 Å². The molecule has 0 unspecified atom stereocenters. The summed E-state index contributed by atoms with van der Waals surface area (Å²) in [5, 5.41) is 0. The molecule has 2 atom stereocenters. The highest BCUT2D eigenvalue weighted by Gasteiger charge is 2.40. The minimum atomic E-state index is 0.193. The monoisotopic (exact) mass is 482 g/mol. The molecule has 5 heteroatoms. The highest BCUT2D eigenvalue weighted by molar-refractivity contribution is 9.10. The molecule has 2 saturated heterocycles. The second kappa shape index (κ2) is 9.33. The lowest BCUT2D eigenvalue weighted by Gasteiger charge is -2.38. The average molecular weight is 483 g/mol. The van der Waals surface area contributed by atoms with E-state index in [1.807, 2.05) is 0 Å². The van der Waals surface area contributed by atoms with Crippen molar-refractivity contribution in [2.75, 3.05) is 32.8 Å². The molecule has 1 amide bonds. The molecule has 3 aliphatic heterocycles. The van der Waals surface area contributed by atoms with E-state index in [0.717, 1.165) is 42.8 Å². The molecule has 2 aromatic rings. The van der Waals surface area contributed by atoms with Gasteiger partial charge in [0.2, 0.25) is 5.91 Å². The average Bonchev–Trinajstić information content (AvgIpc) is 3.18. The molecule has 0 aliphatic carbocycles. The maximum atomic E-state index is 12.5. The maximum Gasteiger partial charge on any atom is 0.223 e. The Balaban J connectivity index is 1.33. The summed E-state index contributed by atoms with van der Waals surface area (Å²) in [5.41, 5.74) is 3.88. The number of carbonyl (C=O) groups excluding carboxylic acids is 1. The number of nitrogens with zero attached hydrogens (tertiary/aromatic N) is 2. The van der Waals surface area contributed by atoms with Gasteiger partial charge in [0.15, 0.2) is 0 Å². The van der Waals surface area contributed by atoms with Gasteiger partial charge >= 0.3 is 0 Å². The van der Waals surface area contributed by atoms with Crippen molar-refractivity contribution in [3.8, 4) is 5.75 Å². The highest BCUT2D eigenvalue weighted by atomic mass is 79.9. The fourth-order valence-electron chi connectivity index (χ4n) is 5.47. The van der Waals surface area contributed by atoms with E-state index >= 15 is 0 Å². The van der Waals surface area contributed by atoms with E-state index < -0.39 is 0 Å². The van der Waals surface area contributed by atoms with Crippen molar-refractivity contribution in [1.82, 2.24) is 9.80 Å². The number of rotatable bonds is 6. The van der Waals surface area contributed by atoms with Gasteiger partial charge in [0.05, 0.1) is 12.6 Å². The first kappa shape index (κ1) is 21.0. The molecule has 0 radical (unpaired) electrons. The third-order valence-corrected chi connectivity index (χ3v) is 7.64. The summed E-state index contributed by atoms with van der Waals surface area (Å²) >= 11 is 3.54. The van der Waals surface area contributed by atoms with Gasteiger partial charge in [-0.3, -0.25) is 4.79 Å². The van der Waals surface area contributed by atoms with Gasteiger partial charge in [-0.25, -0.2) is 0 Å². The smallest absolute Gasteiger partial charge is 0.223 e. The van der Waals surface area contributed by atoms with Crippen LogP contribution in [-0.2, 0) is 4.79 Å². The number of carbonyl (C=O) groups is 1. The van der Waals surface area contributed by atoms with Crippen molar-refractivity contribution in [2.45, 2.75) is 50.5 Å². The van der Waals surface area contributed by atoms with E-state index in [1.54, 1.807) is 0 Å². The van der Waals surface area contributed by atoms with Crippen LogP contribution < -0.4 is 4.74 Å². The summed E-state index contributed by atoms with van der Waals surface area (Å²) in [5.74, 6) is 1.44. The van der Waals surface area contributed by atoms with Crippen LogP contribution in [0.25, 0.3) is 0 Å². The number of halogens is 1. The Morgan fingerprint density at radius 2 is 1.81 bits per heavy atom. The quantitative estimate of drug-likeness (QED) is 0.508. The molecular weight excluding hydrogens is 452 g/mol. The number of benzene rings is 2. The molecule has 0 spiro atoms. The zero-order valence-corrected chi connectivity index (χ0v) is 19.6. The third kappa shape index (κ3) is 4.54. The number of hydrogen-bond donors (Lipinski definition) is 0. The second-order valence-corrected chi connectivity index (χ2v) is 10.0. The Kier molecular flexibility index (Phi) is 6.33. The molecule has 4 nitrogen and oxygen atoms in total. The lowest BCUT2D eigenvalue weighted by atomic mass is 9.81. The van der Waals surface area contributed by atoms with Crippen molar-refractivity contribution in [2.24, 2.45) is 0 Å². The van der Waals surface area contributed by atoms with Crippen molar-refractivity contribution in [3.63, 3.8) is 0 Å². The molecular formula is C26H31BrN2O2. The fraction of sp³-hybridized carbons (Fsp3) is 0.500. The molecule has 0 bridgehead atoms. The Labute approximate surface area is 193 Å². The van der Waals surface area contributed by atoms with Crippen molar-refractivity contribution < 1.29 is 9.53 Å². The van der Waals surface area contributed by atoms with Crippen molar-refractivity contribution >= 4 is 21.8 Å². The predicted octanol–water partition coefficient (Wildman–Crippen LogP) is 5.51. The third-order valence-electron chi connectivity index (χ3n) is 7.11. The lowest BCUT2D eigenvalue weighted by molar-refractivity contribution is -0.129. The van der Waals surface area contributed by atoms with Crippen LogP contribution in [-0.4, -0.2) is 48.5 Å². The van der Waals surface area contributed by atoms with Gasteiger partial charge in [-0.1, -0.05) is 40.5 Å². The van der Waals surface area contributed by atoms with Crippen molar-refractivity contribution in [3.05, 3.63) is 63.6 Å². The molecule has 31 heavy (non-hydrogen) atoms. The molecule has 164 valence electrons. The minimum absolute atomic E-state index is 0.193. The fourth-order valence-corrected chi connectivity index (χ4v) is 5.73. The van der Waals surface area contributed by atoms with Gasteiger partial charge in [0.25, 0.3) is 0 Å². The van der Waals surface area contributed by atoms with E-state index in [1.165, 1.54) is 49.0 Å². The second-order valence-electron chi connectivity index (χ2n) is 9.10. The predicted molar refractivity (Wildman–Crippen MR) is 127 cm³/mol. The Morgan fingerprint density at radius 3 is 2.61 bits per heavy atom. The zero-order valence-electron chi connectivity index (χ0n) is 18.1. The summed E-state index contributed by atoms with van der Waals surface area (Å²) in [6.45, 7) is 5.13. The van der Waals surface area contributed by atoms with Gasteiger partial charge in [-0.2, -0.15) is 0 Å². The Bertz CT molecular complexity index is 924. The maximum absolute atomic E-state index is 12.5. The van der Waals surface area contributed by atoms with Gasteiger partial charge in [-0.15, -0.1) is 0 Å². The number of ether oxygens (including phenoxy) is 1. The topological polar surface area (TPSA) is 32.8 Å². The van der Waals surface area contributed by atoms with Gasteiger partial charge in [-0.05, 0) is 79.7 Å². The van der Waals surface area contributed by atoms with Crippen LogP contribution in [0, 0.1) is 0 Å². The molecule has 3 aliphatic rings. The summed E-state index contributed by atoms with van der Waals surface area (Å²) < 4.78 is 7.26.